The van der Waals surface area contributed by atoms with Crippen molar-refractivity contribution < 1.29 is 27.5 Å². The van der Waals surface area contributed by atoms with Gasteiger partial charge in [0.05, 0.1) is 18.6 Å². The summed E-state index contributed by atoms with van der Waals surface area (Å²) in [6.45, 7) is 3.61. The standard InChI is InChI=1S/C15H18F3NO3/c1-3-19(10-14(21)22-4-2)13(20)9-11-6-5-7-12(8-11)15(16,17)18/h5-8H,3-4,9-10H2,1-2H3. The number of benzene rings is 1. The van der Waals surface area contributed by atoms with Gasteiger partial charge >= 0.3 is 12.1 Å². The maximum Gasteiger partial charge on any atom is 0.416 e. The second-order valence-electron chi connectivity index (χ2n) is 4.59. The van der Waals surface area contributed by atoms with Crippen molar-refractivity contribution in [2.45, 2.75) is 26.4 Å². The van der Waals surface area contributed by atoms with E-state index in [1.165, 1.54) is 17.0 Å². The quantitative estimate of drug-likeness (QED) is 0.758. The van der Waals surface area contributed by atoms with Crippen LogP contribution in [0.4, 0.5) is 13.2 Å². The molecule has 0 aromatic heterocycles. The van der Waals surface area contributed by atoms with E-state index in [4.69, 9.17) is 4.74 Å². The molecule has 122 valence electrons. The largest absolute Gasteiger partial charge is 0.465 e. The van der Waals surface area contributed by atoms with Crippen LogP contribution in [0.25, 0.3) is 0 Å². The van der Waals surface area contributed by atoms with E-state index in [0.717, 1.165) is 12.1 Å². The Balaban J connectivity index is 2.76. The third-order valence-corrected chi connectivity index (χ3v) is 2.97. The van der Waals surface area contributed by atoms with Crippen molar-refractivity contribution in [3.05, 3.63) is 35.4 Å². The summed E-state index contributed by atoms with van der Waals surface area (Å²) in [5, 5.41) is 0. The molecule has 4 nitrogen and oxygen atoms in total. The number of amides is 1. The molecule has 0 atom stereocenters. The lowest BCUT2D eigenvalue weighted by Crippen LogP contribution is -2.37. The first-order valence-electron chi connectivity index (χ1n) is 6.87. The van der Waals surface area contributed by atoms with E-state index >= 15 is 0 Å². The number of hydrogen-bond acceptors (Lipinski definition) is 3. The first kappa shape index (κ1) is 18.0. The number of alkyl halides is 3. The monoisotopic (exact) mass is 317 g/mol. The van der Waals surface area contributed by atoms with Crippen molar-refractivity contribution in [2.75, 3.05) is 19.7 Å². The van der Waals surface area contributed by atoms with Gasteiger partial charge in [-0.05, 0) is 25.5 Å². The molecule has 7 heteroatoms. The molecule has 0 aliphatic rings. The normalized spacial score (nSPS) is 11.1. The Kier molecular flexibility index (Phi) is 6.39. The molecule has 0 fully saturated rings. The Labute approximate surface area is 126 Å². The van der Waals surface area contributed by atoms with E-state index in [9.17, 15) is 22.8 Å². The van der Waals surface area contributed by atoms with Crippen LogP contribution in [0.5, 0.6) is 0 Å². The molecule has 1 aromatic rings. The third-order valence-electron chi connectivity index (χ3n) is 2.97. The maximum atomic E-state index is 12.6. The van der Waals surface area contributed by atoms with Gasteiger partial charge in [0, 0.05) is 6.54 Å². The van der Waals surface area contributed by atoms with Crippen molar-refractivity contribution in [2.24, 2.45) is 0 Å². The number of nitrogens with zero attached hydrogens (tertiary/aromatic N) is 1. The Morgan fingerprint density at radius 3 is 2.45 bits per heavy atom. The summed E-state index contributed by atoms with van der Waals surface area (Å²) in [6, 6.07) is 4.60. The van der Waals surface area contributed by atoms with Crippen molar-refractivity contribution in [3.8, 4) is 0 Å². The zero-order valence-corrected chi connectivity index (χ0v) is 12.4. The number of hydrogen-bond donors (Lipinski definition) is 0. The van der Waals surface area contributed by atoms with Gasteiger partial charge < -0.3 is 9.64 Å². The molecule has 0 bridgehead atoms. The molecule has 22 heavy (non-hydrogen) atoms. The van der Waals surface area contributed by atoms with E-state index in [1.54, 1.807) is 13.8 Å². The highest BCUT2D eigenvalue weighted by Crippen LogP contribution is 2.29. The summed E-state index contributed by atoms with van der Waals surface area (Å²) >= 11 is 0. The fraction of sp³-hybridized carbons (Fsp3) is 0.467. The maximum absolute atomic E-state index is 12.6. The fourth-order valence-corrected chi connectivity index (χ4v) is 1.88. The van der Waals surface area contributed by atoms with Gasteiger partial charge in [0.2, 0.25) is 5.91 Å². The minimum absolute atomic E-state index is 0.197. The Hall–Kier alpha value is -2.05. The number of esters is 1. The van der Waals surface area contributed by atoms with E-state index in [0.29, 0.717) is 0 Å². The summed E-state index contributed by atoms with van der Waals surface area (Å²) in [5.41, 5.74) is -0.548. The molecular formula is C15H18F3NO3. The SMILES string of the molecule is CCOC(=O)CN(CC)C(=O)Cc1cccc(C(F)(F)F)c1. The molecule has 0 heterocycles. The number of carbonyl (C=O) groups excluding carboxylic acids is 2. The number of halogens is 3. The Morgan fingerprint density at radius 1 is 1.23 bits per heavy atom. The van der Waals surface area contributed by atoms with Crippen LogP contribution in [0.15, 0.2) is 24.3 Å². The second kappa shape index (κ2) is 7.82. The lowest BCUT2D eigenvalue weighted by atomic mass is 10.1. The van der Waals surface area contributed by atoms with E-state index in [1.807, 2.05) is 0 Å². The zero-order valence-electron chi connectivity index (χ0n) is 12.4. The average molecular weight is 317 g/mol. The van der Waals surface area contributed by atoms with Crippen molar-refractivity contribution in [3.63, 3.8) is 0 Å². The van der Waals surface area contributed by atoms with Gasteiger partial charge in [0.15, 0.2) is 0 Å². The first-order chi connectivity index (χ1) is 10.3. The second-order valence-corrected chi connectivity index (χ2v) is 4.59. The summed E-state index contributed by atoms with van der Waals surface area (Å²) in [6.07, 6.45) is -4.65. The molecule has 0 aliphatic carbocycles. The molecule has 0 spiro atoms. The summed E-state index contributed by atoms with van der Waals surface area (Å²) < 4.78 is 42.6. The highest BCUT2D eigenvalue weighted by molar-refractivity contribution is 5.83. The average Bonchev–Trinajstić information content (AvgIpc) is 2.44. The van der Waals surface area contributed by atoms with Gasteiger partial charge in [0.25, 0.3) is 0 Å². The van der Waals surface area contributed by atoms with Crippen molar-refractivity contribution in [1.29, 1.82) is 0 Å². The van der Waals surface area contributed by atoms with Crippen molar-refractivity contribution >= 4 is 11.9 Å². The molecular weight excluding hydrogens is 299 g/mol. The highest BCUT2D eigenvalue weighted by Gasteiger charge is 2.30. The predicted molar refractivity (Wildman–Crippen MR) is 74.0 cm³/mol. The fourth-order valence-electron chi connectivity index (χ4n) is 1.88. The molecule has 0 saturated heterocycles. The summed E-state index contributed by atoms with van der Waals surface area (Å²) in [5.74, 6) is -0.961. The van der Waals surface area contributed by atoms with Gasteiger partial charge in [-0.1, -0.05) is 18.2 Å². The number of rotatable bonds is 6. The van der Waals surface area contributed by atoms with E-state index in [2.05, 4.69) is 0 Å². The molecule has 0 unspecified atom stereocenters. The molecule has 1 rings (SSSR count). The Bertz CT molecular complexity index is 529. The molecule has 0 aliphatic heterocycles. The Morgan fingerprint density at radius 2 is 1.91 bits per heavy atom. The van der Waals surface area contributed by atoms with Crippen LogP contribution in [0.2, 0.25) is 0 Å². The third kappa shape index (κ3) is 5.38. The van der Waals surface area contributed by atoms with E-state index < -0.39 is 23.6 Å². The lowest BCUT2D eigenvalue weighted by Gasteiger charge is -2.20. The summed E-state index contributed by atoms with van der Waals surface area (Å²) in [4.78, 5) is 24.7. The predicted octanol–water partition coefficient (Wildman–Crippen LogP) is 2.66. The van der Waals surface area contributed by atoms with Gasteiger partial charge in [-0.2, -0.15) is 13.2 Å². The van der Waals surface area contributed by atoms with Gasteiger partial charge in [0.1, 0.15) is 6.54 Å². The minimum Gasteiger partial charge on any atom is -0.465 e. The number of carbonyl (C=O) groups is 2. The van der Waals surface area contributed by atoms with Gasteiger partial charge in [-0.15, -0.1) is 0 Å². The van der Waals surface area contributed by atoms with E-state index in [-0.39, 0.29) is 31.7 Å². The molecule has 0 saturated carbocycles. The van der Waals surface area contributed by atoms with Crippen LogP contribution in [0.3, 0.4) is 0 Å². The molecule has 1 aromatic carbocycles. The smallest absolute Gasteiger partial charge is 0.416 e. The first-order valence-corrected chi connectivity index (χ1v) is 6.87. The minimum atomic E-state index is -4.45. The molecule has 1 amide bonds. The van der Waals surface area contributed by atoms with Crippen LogP contribution >= 0.6 is 0 Å². The number of likely N-dealkylation sites (N-methyl/N-ethyl adjacent to an activating group) is 1. The topological polar surface area (TPSA) is 46.6 Å². The van der Waals surface area contributed by atoms with Gasteiger partial charge in [-0.25, -0.2) is 0 Å². The molecule has 0 N–H and O–H groups in total. The van der Waals surface area contributed by atoms with Crippen LogP contribution in [0.1, 0.15) is 25.0 Å². The number of ether oxygens (including phenoxy) is 1. The van der Waals surface area contributed by atoms with Gasteiger partial charge in [-0.3, -0.25) is 9.59 Å². The highest BCUT2D eigenvalue weighted by atomic mass is 19.4. The van der Waals surface area contributed by atoms with Crippen LogP contribution in [-0.4, -0.2) is 36.5 Å². The van der Waals surface area contributed by atoms with Crippen LogP contribution < -0.4 is 0 Å². The van der Waals surface area contributed by atoms with Crippen molar-refractivity contribution in [1.82, 2.24) is 4.90 Å². The van der Waals surface area contributed by atoms with Crippen LogP contribution in [0, 0.1) is 0 Å². The zero-order chi connectivity index (χ0) is 16.8. The molecule has 0 radical (unpaired) electrons. The lowest BCUT2D eigenvalue weighted by molar-refractivity contribution is -0.148. The summed E-state index contributed by atoms with van der Waals surface area (Å²) in [7, 11) is 0. The van der Waals surface area contributed by atoms with Crippen LogP contribution in [-0.2, 0) is 26.9 Å².